The summed E-state index contributed by atoms with van der Waals surface area (Å²) in [4.78, 5) is 0. The van der Waals surface area contributed by atoms with E-state index in [4.69, 9.17) is 10.6 Å². The lowest BCUT2D eigenvalue weighted by atomic mass is 9.89. The van der Waals surface area contributed by atoms with Gasteiger partial charge in [0.05, 0.1) is 0 Å². The molecule has 0 spiro atoms. The van der Waals surface area contributed by atoms with E-state index in [1.165, 1.54) is 47.9 Å². The maximum atomic E-state index is 8.81. The van der Waals surface area contributed by atoms with Crippen LogP contribution >= 0.6 is 12.4 Å². The fourth-order valence-corrected chi connectivity index (χ4v) is 3.17. The molecule has 0 radical (unpaired) electrons. The molecule has 2 aliphatic carbocycles. The molecule has 0 amide bonds. The van der Waals surface area contributed by atoms with Crippen molar-refractivity contribution in [3.05, 3.63) is 34.4 Å². The number of hydrogen-bond acceptors (Lipinski definition) is 2. The number of aryl methyl sites for hydroxylation is 2. The average Bonchev–Trinajstić information content (AvgIpc) is 2.77. The van der Waals surface area contributed by atoms with Crippen molar-refractivity contribution in [2.45, 2.75) is 38.5 Å². The molecule has 0 heterocycles. The van der Waals surface area contributed by atoms with Crippen LogP contribution in [0, 0.1) is 11.3 Å². The summed E-state index contributed by atoms with van der Waals surface area (Å²) in [5.41, 5.74) is 7.79. The first kappa shape index (κ1) is 13.4. The lowest BCUT2D eigenvalue weighted by Crippen LogP contribution is -2.27. The smallest absolute Gasteiger partial charge is 0.121 e. The molecule has 3 nitrogen and oxygen atoms in total. The fraction of sp³-hybridized carbons (Fsp3) is 0.500. The van der Waals surface area contributed by atoms with Crippen molar-refractivity contribution in [3.63, 3.8) is 0 Å². The molecule has 3 N–H and O–H groups in total. The number of rotatable bonds is 1. The van der Waals surface area contributed by atoms with E-state index in [1.807, 2.05) is 5.48 Å². The van der Waals surface area contributed by atoms with Gasteiger partial charge in [0, 0.05) is 5.92 Å². The van der Waals surface area contributed by atoms with E-state index in [0.717, 1.165) is 12.8 Å². The Hall–Kier alpha value is -1.06. The molecule has 3 rings (SSSR count). The Labute approximate surface area is 113 Å². The molecule has 0 atom stereocenters. The quantitative estimate of drug-likeness (QED) is 0.416. The number of hydrogen-bond donors (Lipinski definition) is 3. The molecular weight excluding hydrogens is 248 g/mol. The highest BCUT2D eigenvalue weighted by molar-refractivity contribution is 5.85. The zero-order chi connectivity index (χ0) is 11.8. The van der Waals surface area contributed by atoms with Crippen molar-refractivity contribution in [1.82, 2.24) is 5.48 Å². The first-order valence-electron chi connectivity index (χ1n) is 6.40. The van der Waals surface area contributed by atoms with Gasteiger partial charge in [-0.1, -0.05) is 12.1 Å². The molecule has 0 fully saturated rings. The molecule has 0 aliphatic heterocycles. The number of hydroxylamine groups is 1. The van der Waals surface area contributed by atoms with Crippen molar-refractivity contribution in [2.75, 3.05) is 0 Å². The van der Waals surface area contributed by atoms with Crippen molar-refractivity contribution in [3.8, 4) is 0 Å². The normalized spacial score (nSPS) is 17.6. The molecule has 2 aliphatic rings. The highest BCUT2D eigenvalue weighted by Gasteiger charge is 2.26. The van der Waals surface area contributed by atoms with Crippen LogP contribution in [0.3, 0.4) is 0 Å². The van der Waals surface area contributed by atoms with Gasteiger partial charge in [-0.25, -0.2) is 0 Å². The van der Waals surface area contributed by atoms with Gasteiger partial charge in [-0.2, -0.15) is 0 Å². The predicted molar refractivity (Wildman–Crippen MR) is 73.9 cm³/mol. The molecule has 4 heteroatoms. The molecule has 0 saturated heterocycles. The minimum Gasteiger partial charge on any atom is -0.290 e. The van der Waals surface area contributed by atoms with E-state index in [2.05, 4.69) is 12.1 Å². The molecule has 1 aromatic rings. The van der Waals surface area contributed by atoms with Gasteiger partial charge in [0.15, 0.2) is 0 Å². The molecule has 0 saturated carbocycles. The first-order valence-corrected chi connectivity index (χ1v) is 6.40. The third kappa shape index (κ3) is 2.25. The van der Waals surface area contributed by atoms with Crippen LogP contribution in [-0.4, -0.2) is 11.0 Å². The number of nitrogens with one attached hydrogen (secondary N) is 2. The zero-order valence-electron chi connectivity index (χ0n) is 10.3. The van der Waals surface area contributed by atoms with E-state index < -0.39 is 0 Å². The molecule has 0 bridgehead atoms. The van der Waals surface area contributed by atoms with E-state index in [9.17, 15) is 0 Å². The standard InChI is InChI=1S/C14H18N2O.ClH/c15-14(16-17)13-7-11-5-9-3-1-2-4-10(9)6-12(11)8-13;/h5-6,13,17H,1-4,7-8H2,(H2,15,16);1H. The monoisotopic (exact) mass is 266 g/mol. The summed E-state index contributed by atoms with van der Waals surface area (Å²) >= 11 is 0. The summed E-state index contributed by atoms with van der Waals surface area (Å²) in [5, 5.41) is 16.5. The highest BCUT2D eigenvalue weighted by Crippen LogP contribution is 2.32. The third-order valence-electron chi connectivity index (χ3n) is 4.13. The molecule has 0 aromatic heterocycles. The summed E-state index contributed by atoms with van der Waals surface area (Å²) in [6.07, 6.45) is 6.84. The van der Waals surface area contributed by atoms with Gasteiger partial charge in [0.25, 0.3) is 0 Å². The first-order chi connectivity index (χ1) is 8.28. The number of fused-ring (bicyclic) bond motifs is 2. The Morgan fingerprint density at radius 3 is 2.00 bits per heavy atom. The third-order valence-corrected chi connectivity index (χ3v) is 4.13. The summed E-state index contributed by atoms with van der Waals surface area (Å²) in [7, 11) is 0. The van der Waals surface area contributed by atoms with Gasteiger partial charge in [-0.05, 0) is 60.8 Å². The topological polar surface area (TPSA) is 56.1 Å². The Morgan fingerprint density at radius 2 is 1.56 bits per heavy atom. The lowest BCUT2D eigenvalue weighted by molar-refractivity contribution is 0.226. The fourth-order valence-electron chi connectivity index (χ4n) is 3.17. The molecule has 18 heavy (non-hydrogen) atoms. The van der Waals surface area contributed by atoms with Crippen LogP contribution in [0.2, 0.25) is 0 Å². The van der Waals surface area contributed by atoms with Crippen molar-refractivity contribution in [1.29, 1.82) is 5.41 Å². The van der Waals surface area contributed by atoms with E-state index in [1.54, 1.807) is 0 Å². The predicted octanol–water partition coefficient (Wildman–Crippen LogP) is 2.66. The summed E-state index contributed by atoms with van der Waals surface area (Å²) in [6.45, 7) is 0. The summed E-state index contributed by atoms with van der Waals surface area (Å²) < 4.78 is 0. The molecule has 98 valence electrons. The second-order valence-electron chi connectivity index (χ2n) is 5.23. The molecular formula is C14H19ClN2O. The van der Waals surface area contributed by atoms with Crippen LogP contribution in [0.25, 0.3) is 0 Å². The largest absolute Gasteiger partial charge is 0.290 e. The molecule has 1 aromatic carbocycles. The second kappa shape index (κ2) is 5.29. The van der Waals surface area contributed by atoms with Crippen molar-refractivity contribution in [2.24, 2.45) is 5.92 Å². The van der Waals surface area contributed by atoms with Gasteiger partial charge >= 0.3 is 0 Å². The summed E-state index contributed by atoms with van der Waals surface area (Å²) in [6, 6.07) is 4.68. The maximum absolute atomic E-state index is 8.81. The van der Waals surface area contributed by atoms with E-state index >= 15 is 0 Å². The zero-order valence-corrected chi connectivity index (χ0v) is 11.1. The van der Waals surface area contributed by atoms with E-state index in [0.29, 0.717) is 0 Å². The Balaban J connectivity index is 0.00000120. The summed E-state index contributed by atoms with van der Waals surface area (Å²) in [5.74, 6) is 0.387. The van der Waals surface area contributed by atoms with Crippen molar-refractivity contribution >= 4 is 18.2 Å². The van der Waals surface area contributed by atoms with Crippen LogP contribution in [0.15, 0.2) is 12.1 Å². The number of benzene rings is 1. The average molecular weight is 267 g/mol. The van der Waals surface area contributed by atoms with Gasteiger partial charge < -0.3 is 0 Å². The lowest BCUT2D eigenvalue weighted by Gasteiger charge is -2.17. The van der Waals surface area contributed by atoms with Crippen LogP contribution in [0.4, 0.5) is 0 Å². The second-order valence-corrected chi connectivity index (χ2v) is 5.23. The van der Waals surface area contributed by atoms with Crippen molar-refractivity contribution < 1.29 is 5.21 Å². The van der Waals surface area contributed by atoms with Crippen LogP contribution in [0.1, 0.15) is 35.1 Å². The Bertz CT molecular complexity index is 438. The number of halogens is 1. The maximum Gasteiger partial charge on any atom is 0.121 e. The minimum atomic E-state index is 0. The van der Waals surface area contributed by atoms with Crippen LogP contribution < -0.4 is 5.48 Å². The Kier molecular flexibility index (Phi) is 3.93. The molecule has 0 unspecified atom stereocenters. The van der Waals surface area contributed by atoms with Crippen LogP contribution in [-0.2, 0) is 25.7 Å². The van der Waals surface area contributed by atoms with Gasteiger partial charge in [0.1, 0.15) is 5.84 Å². The SMILES string of the molecule is Cl.N=C(NO)C1Cc2cc3c(cc2C1)CCCC3. The minimum absolute atomic E-state index is 0. The van der Waals surface area contributed by atoms with Gasteiger partial charge in [-0.15, -0.1) is 12.4 Å². The van der Waals surface area contributed by atoms with Crippen LogP contribution in [0.5, 0.6) is 0 Å². The highest BCUT2D eigenvalue weighted by atomic mass is 35.5. The van der Waals surface area contributed by atoms with Gasteiger partial charge in [-0.3, -0.25) is 16.1 Å². The number of amidine groups is 1. The van der Waals surface area contributed by atoms with Gasteiger partial charge in [0.2, 0.25) is 0 Å². The van der Waals surface area contributed by atoms with E-state index in [-0.39, 0.29) is 24.2 Å². The Morgan fingerprint density at radius 1 is 1.06 bits per heavy atom.